The Bertz CT molecular complexity index is 1000. The summed E-state index contributed by atoms with van der Waals surface area (Å²) >= 11 is 0. The van der Waals surface area contributed by atoms with E-state index in [9.17, 15) is 0 Å². The zero-order valence-electron chi connectivity index (χ0n) is 14.9. The van der Waals surface area contributed by atoms with E-state index in [2.05, 4.69) is 81.5 Å². The number of rotatable bonds is 5. The molecule has 0 saturated heterocycles. The minimum absolute atomic E-state index is 0.188. The van der Waals surface area contributed by atoms with Gasteiger partial charge in [-0.15, -0.1) is 0 Å². The molecule has 0 saturated carbocycles. The van der Waals surface area contributed by atoms with E-state index in [1.165, 1.54) is 21.9 Å². The highest BCUT2D eigenvalue weighted by atomic mass is 15.2. The molecule has 2 heterocycles. The molecule has 0 radical (unpaired) electrons. The monoisotopic (exact) mass is 343 g/mol. The third kappa shape index (κ3) is 3.09. The molecular formula is C21H21N5. The van der Waals surface area contributed by atoms with E-state index < -0.39 is 0 Å². The minimum atomic E-state index is 0.188. The van der Waals surface area contributed by atoms with Crippen molar-refractivity contribution in [2.75, 3.05) is 7.05 Å². The number of benzene rings is 2. The van der Waals surface area contributed by atoms with Gasteiger partial charge in [-0.1, -0.05) is 42.5 Å². The van der Waals surface area contributed by atoms with Crippen LogP contribution in [0.25, 0.3) is 22.0 Å². The molecule has 0 bridgehead atoms. The van der Waals surface area contributed by atoms with Crippen LogP contribution >= 0.6 is 0 Å². The van der Waals surface area contributed by atoms with Gasteiger partial charge in [0.15, 0.2) is 0 Å². The first kappa shape index (κ1) is 16.4. The number of fused-ring (bicyclic) bond motifs is 1. The largest absolute Gasteiger partial charge is 0.294 e. The molecule has 5 heteroatoms. The number of nitrogens with one attached hydrogen (secondary N) is 1. The first-order valence-electron chi connectivity index (χ1n) is 8.70. The van der Waals surface area contributed by atoms with Crippen LogP contribution in [0.1, 0.15) is 24.2 Å². The van der Waals surface area contributed by atoms with Crippen LogP contribution in [-0.2, 0) is 6.54 Å². The molecule has 1 N–H and O–H groups in total. The summed E-state index contributed by atoms with van der Waals surface area (Å²) in [6, 6.07) is 17.0. The van der Waals surface area contributed by atoms with Crippen LogP contribution in [0, 0.1) is 0 Å². The van der Waals surface area contributed by atoms with Crippen molar-refractivity contribution in [1.82, 2.24) is 25.1 Å². The topological polar surface area (TPSA) is 57.7 Å². The van der Waals surface area contributed by atoms with Gasteiger partial charge in [0.25, 0.3) is 0 Å². The standard InChI is InChI=1S/C21H21N5/c1-15(20-10-11-22-14-23-20)26(2)13-17-12-24-25-21(17)19-9-5-7-16-6-3-4-8-18(16)19/h3-12,14-15H,13H2,1-2H3,(H,24,25). The van der Waals surface area contributed by atoms with Crippen molar-refractivity contribution in [3.63, 3.8) is 0 Å². The lowest BCUT2D eigenvalue weighted by Crippen LogP contribution is -2.22. The summed E-state index contributed by atoms with van der Waals surface area (Å²) in [4.78, 5) is 10.6. The SMILES string of the molecule is CC(c1ccncn1)N(C)Cc1cn[nH]c1-c1cccc2ccccc12. The highest BCUT2D eigenvalue weighted by molar-refractivity contribution is 5.96. The Balaban J connectivity index is 1.65. The zero-order chi connectivity index (χ0) is 17.9. The van der Waals surface area contributed by atoms with Gasteiger partial charge >= 0.3 is 0 Å². The fourth-order valence-corrected chi connectivity index (χ4v) is 3.29. The average Bonchev–Trinajstić information content (AvgIpc) is 3.15. The summed E-state index contributed by atoms with van der Waals surface area (Å²) < 4.78 is 0. The van der Waals surface area contributed by atoms with E-state index in [1.54, 1.807) is 12.5 Å². The summed E-state index contributed by atoms with van der Waals surface area (Å²) in [5.74, 6) is 0. The van der Waals surface area contributed by atoms with Crippen LogP contribution in [0.5, 0.6) is 0 Å². The zero-order valence-corrected chi connectivity index (χ0v) is 14.9. The van der Waals surface area contributed by atoms with E-state index in [0.29, 0.717) is 0 Å². The molecule has 4 rings (SSSR count). The van der Waals surface area contributed by atoms with Gasteiger partial charge in [0.05, 0.1) is 17.6 Å². The normalized spacial score (nSPS) is 12.6. The van der Waals surface area contributed by atoms with Crippen LogP contribution in [0.15, 0.2) is 67.3 Å². The third-order valence-corrected chi connectivity index (χ3v) is 4.89. The predicted octanol–water partition coefficient (Wildman–Crippen LogP) is 4.21. The molecule has 2 aromatic carbocycles. The van der Waals surface area contributed by atoms with E-state index in [4.69, 9.17) is 0 Å². The molecular weight excluding hydrogens is 322 g/mol. The van der Waals surface area contributed by atoms with Crippen molar-refractivity contribution >= 4 is 10.8 Å². The Morgan fingerprint density at radius 2 is 1.92 bits per heavy atom. The number of hydrogen-bond acceptors (Lipinski definition) is 4. The molecule has 0 aliphatic heterocycles. The van der Waals surface area contributed by atoms with Gasteiger partial charge in [-0.05, 0) is 30.8 Å². The first-order chi connectivity index (χ1) is 12.7. The molecule has 2 aromatic heterocycles. The second-order valence-electron chi connectivity index (χ2n) is 6.52. The quantitative estimate of drug-likeness (QED) is 0.590. The molecule has 130 valence electrons. The van der Waals surface area contributed by atoms with Gasteiger partial charge in [-0.2, -0.15) is 5.10 Å². The van der Waals surface area contributed by atoms with E-state index >= 15 is 0 Å². The molecule has 0 fully saturated rings. The number of H-pyrrole nitrogens is 1. The Kier molecular flexibility index (Phi) is 4.46. The second-order valence-corrected chi connectivity index (χ2v) is 6.52. The molecule has 0 spiro atoms. The number of aromatic nitrogens is 4. The molecule has 0 amide bonds. The lowest BCUT2D eigenvalue weighted by Gasteiger charge is -2.24. The lowest BCUT2D eigenvalue weighted by atomic mass is 10.00. The highest BCUT2D eigenvalue weighted by Gasteiger charge is 2.17. The fourth-order valence-electron chi connectivity index (χ4n) is 3.29. The minimum Gasteiger partial charge on any atom is -0.294 e. The van der Waals surface area contributed by atoms with Crippen molar-refractivity contribution in [2.45, 2.75) is 19.5 Å². The molecule has 5 nitrogen and oxygen atoms in total. The molecule has 0 aliphatic carbocycles. The van der Waals surface area contributed by atoms with Crippen molar-refractivity contribution in [1.29, 1.82) is 0 Å². The Labute approximate surface area is 152 Å². The van der Waals surface area contributed by atoms with Crippen molar-refractivity contribution < 1.29 is 0 Å². The predicted molar refractivity (Wildman–Crippen MR) is 103 cm³/mol. The summed E-state index contributed by atoms with van der Waals surface area (Å²) in [5, 5.41) is 9.97. The summed E-state index contributed by atoms with van der Waals surface area (Å²) in [7, 11) is 2.10. The van der Waals surface area contributed by atoms with Gasteiger partial charge in [-0.25, -0.2) is 9.97 Å². The maximum atomic E-state index is 4.37. The van der Waals surface area contributed by atoms with Crippen molar-refractivity contribution in [3.8, 4) is 11.3 Å². The van der Waals surface area contributed by atoms with E-state index in [0.717, 1.165) is 17.9 Å². The average molecular weight is 343 g/mol. The fraction of sp³-hybridized carbons (Fsp3) is 0.190. The van der Waals surface area contributed by atoms with E-state index in [-0.39, 0.29) is 6.04 Å². The van der Waals surface area contributed by atoms with Crippen molar-refractivity contribution in [3.05, 3.63) is 78.5 Å². The second kappa shape index (κ2) is 7.06. The van der Waals surface area contributed by atoms with Crippen LogP contribution in [0.4, 0.5) is 0 Å². The molecule has 1 unspecified atom stereocenters. The molecule has 0 aliphatic rings. The van der Waals surface area contributed by atoms with Crippen molar-refractivity contribution in [2.24, 2.45) is 0 Å². The molecule has 4 aromatic rings. The van der Waals surface area contributed by atoms with Gasteiger partial charge in [-0.3, -0.25) is 10.00 Å². The van der Waals surface area contributed by atoms with Crippen LogP contribution in [0.2, 0.25) is 0 Å². The maximum absolute atomic E-state index is 4.37. The Morgan fingerprint density at radius 3 is 2.77 bits per heavy atom. The van der Waals surface area contributed by atoms with Gasteiger partial charge in [0.2, 0.25) is 0 Å². The first-order valence-corrected chi connectivity index (χ1v) is 8.70. The molecule has 26 heavy (non-hydrogen) atoms. The Morgan fingerprint density at radius 1 is 1.08 bits per heavy atom. The van der Waals surface area contributed by atoms with Crippen LogP contribution < -0.4 is 0 Å². The number of nitrogens with zero attached hydrogens (tertiary/aromatic N) is 4. The highest BCUT2D eigenvalue weighted by Crippen LogP contribution is 2.30. The smallest absolute Gasteiger partial charge is 0.115 e. The Hall–Kier alpha value is -3.05. The molecule has 1 atom stereocenters. The summed E-state index contributed by atoms with van der Waals surface area (Å²) in [6.45, 7) is 2.93. The van der Waals surface area contributed by atoms with Gasteiger partial charge in [0, 0.05) is 29.9 Å². The maximum Gasteiger partial charge on any atom is 0.115 e. The number of hydrogen-bond donors (Lipinski definition) is 1. The third-order valence-electron chi connectivity index (χ3n) is 4.89. The summed E-state index contributed by atoms with van der Waals surface area (Å²) in [5.41, 5.74) is 4.43. The van der Waals surface area contributed by atoms with Crippen LogP contribution in [-0.4, -0.2) is 32.1 Å². The van der Waals surface area contributed by atoms with Gasteiger partial charge < -0.3 is 0 Å². The van der Waals surface area contributed by atoms with Gasteiger partial charge in [0.1, 0.15) is 6.33 Å². The van der Waals surface area contributed by atoms with E-state index in [1.807, 2.05) is 12.3 Å². The number of aromatic amines is 1. The summed E-state index contributed by atoms with van der Waals surface area (Å²) in [6.07, 6.45) is 5.30. The van der Waals surface area contributed by atoms with Crippen LogP contribution in [0.3, 0.4) is 0 Å². The lowest BCUT2D eigenvalue weighted by molar-refractivity contribution is 0.249.